The molecule has 0 saturated carbocycles. The van der Waals surface area contributed by atoms with Crippen molar-refractivity contribution in [3.63, 3.8) is 0 Å². The summed E-state index contributed by atoms with van der Waals surface area (Å²) in [6.45, 7) is 0.468. The Morgan fingerprint density at radius 3 is 2.50 bits per heavy atom. The van der Waals surface area contributed by atoms with Crippen molar-refractivity contribution in [3.8, 4) is 16.9 Å². The van der Waals surface area contributed by atoms with Crippen molar-refractivity contribution in [1.29, 1.82) is 0 Å². The van der Waals surface area contributed by atoms with Crippen LogP contribution in [0, 0.1) is 11.6 Å². The first-order valence-corrected chi connectivity index (χ1v) is 11.6. The van der Waals surface area contributed by atoms with Gasteiger partial charge in [-0.05, 0) is 54.2 Å². The number of ether oxygens (including phenoxy) is 1. The molecule has 2 atom stereocenters. The number of carbonyl (C=O) groups excluding carboxylic acids is 1. The molecule has 0 aliphatic carbocycles. The van der Waals surface area contributed by atoms with E-state index in [0.29, 0.717) is 12.0 Å². The fraction of sp³-hybridized carbons (Fsp3) is 0.250. The number of amides is 2. The van der Waals surface area contributed by atoms with Crippen LogP contribution in [0.2, 0.25) is 0 Å². The standard InChI is InChI=1S/C28H26F2N2O2/c29-25-8-4-5-9-27(25)34-15-14-31-28(33)32-22-11-12-23(32)17-21(16-22)20-10-13-24(26(30)18-20)19-6-2-1-3-7-19/h1-10,13,16,18,22-23H,11-12,14-15,17H2,(H,31,33). The van der Waals surface area contributed by atoms with Crippen LogP contribution in [0.3, 0.4) is 0 Å². The van der Waals surface area contributed by atoms with E-state index in [9.17, 15) is 13.6 Å². The van der Waals surface area contributed by atoms with Gasteiger partial charge in [-0.25, -0.2) is 13.6 Å². The lowest BCUT2D eigenvalue weighted by molar-refractivity contribution is 0.177. The summed E-state index contributed by atoms with van der Waals surface area (Å²) in [4.78, 5) is 14.7. The maximum absolute atomic E-state index is 14.9. The van der Waals surface area contributed by atoms with Crippen LogP contribution in [-0.4, -0.2) is 36.2 Å². The lowest BCUT2D eigenvalue weighted by Gasteiger charge is -2.34. The third-order valence-electron chi connectivity index (χ3n) is 6.53. The maximum Gasteiger partial charge on any atom is 0.318 e. The zero-order valence-electron chi connectivity index (χ0n) is 18.7. The molecule has 3 aromatic rings. The molecule has 2 amide bonds. The highest BCUT2D eigenvalue weighted by Gasteiger charge is 2.39. The van der Waals surface area contributed by atoms with Crippen molar-refractivity contribution < 1.29 is 18.3 Å². The maximum atomic E-state index is 14.9. The van der Waals surface area contributed by atoms with Gasteiger partial charge in [0.25, 0.3) is 0 Å². The van der Waals surface area contributed by atoms with E-state index in [1.807, 2.05) is 47.4 Å². The zero-order chi connectivity index (χ0) is 23.5. The van der Waals surface area contributed by atoms with Gasteiger partial charge < -0.3 is 15.0 Å². The summed E-state index contributed by atoms with van der Waals surface area (Å²) in [6, 6.07) is 21.0. The highest BCUT2D eigenvalue weighted by molar-refractivity contribution is 5.79. The summed E-state index contributed by atoms with van der Waals surface area (Å²) < 4.78 is 33.9. The summed E-state index contributed by atoms with van der Waals surface area (Å²) in [5.74, 6) is -0.492. The van der Waals surface area contributed by atoms with Gasteiger partial charge in [-0.3, -0.25) is 0 Å². The molecule has 1 N–H and O–H groups in total. The molecular weight excluding hydrogens is 434 g/mol. The predicted octanol–water partition coefficient (Wildman–Crippen LogP) is 6.04. The van der Waals surface area contributed by atoms with Gasteiger partial charge in [-0.1, -0.05) is 60.7 Å². The molecule has 3 aromatic carbocycles. The average Bonchev–Trinajstić information content (AvgIpc) is 3.12. The molecular formula is C28H26F2N2O2. The van der Waals surface area contributed by atoms with Crippen LogP contribution in [0.15, 0.2) is 78.9 Å². The van der Waals surface area contributed by atoms with E-state index in [-0.39, 0.29) is 42.8 Å². The molecule has 0 radical (unpaired) electrons. The number of nitrogens with one attached hydrogen (secondary N) is 1. The first kappa shape index (κ1) is 22.1. The number of hydrogen-bond acceptors (Lipinski definition) is 2. The van der Waals surface area contributed by atoms with Crippen molar-refractivity contribution >= 4 is 11.6 Å². The number of carbonyl (C=O) groups is 1. The molecule has 34 heavy (non-hydrogen) atoms. The summed E-state index contributed by atoms with van der Waals surface area (Å²) in [5, 5.41) is 2.88. The van der Waals surface area contributed by atoms with Gasteiger partial charge in [0.1, 0.15) is 12.4 Å². The smallest absolute Gasteiger partial charge is 0.318 e. The zero-order valence-corrected chi connectivity index (χ0v) is 18.7. The van der Waals surface area contributed by atoms with E-state index in [0.717, 1.165) is 29.5 Å². The molecule has 4 nitrogen and oxygen atoms in total. The average molecular weight is 461 g/mol. The molecule has 0 spiro atoms. The first-order chi connectivity index (χ1) is 16.6. The molecule has 2 aliphatic rings. The van der Waals surface area contributed by atoms with E-state index in [1.54, 1.807) is 24.3 Å². The molecule has 0 aromatic heterocycles. The number of rotatable bonds is 6. The van der Waals surface area contributed by atoms with E-state index >= 15 is 0 Å². The van der Waals surface area contributed by atoms with Gasteiger partial charge in [0.15, 0.2) is 11.6 Å². The minimum atomic E-state index is -0.422. The van der Waals surface area contributed by atoms with Gasteiger partial charge >= 0.3 is 6.03 Å². The Morgan fingerprint density at radius 2 is 1.74 bits per heavy atom. The summed E-state index contributed by atoms with van der Waals surface area (Å²) in [5.41, 5.74) is 3.39. The second kappa shape index (κ2) is 9.67. The van der Waals surface area contributed by atoms with Crippen molar-refractivity contribution in [1.82, 2.24) is 10.2 Å². The Kier molecular flexibility index (Phi) is 6.30. The van der Waals surface area contributed by atoms with Gasteiger partial charge in [-0.15, -0.1) is 0 Å². The molecule has 5 rings (SSSR count). The van der Waals surface area contributed by atoms with E-state index in [1.165, 1.54) is 6.07 Å². The second-order valence-electron chi connectivity index (χ2n) is 8.67. The van der Waals surface area contributed by atoms with E-state index in [4.69, 9.17) is 4.74 Å². The number of benzene rings is 3. The third-order valence-corrected chi connectivity index (χ3v) is 6.53. The van der Waals surface area contributed by atoms with Crippen LogP contribution >= 0.6 is 0 Å². The van der Waals surface area contributed by atoms with Crippen LogP contribution in [0.25, 0.3) is 16.7 Å². The van der Waals surface area contributed by atoms with Crippen molar-refractivity contribution in [2.75, 3.05) is 13.2 Å². The topological polar surface area (TPSA) is 41.6 Å². The first-order valence-electron chi connectivity index (χ1n) is 11.6. The fourth-order valence-electron chi connectivity index (χ4n) is 4.90. The Hall–Kier alpha value is -3.67. The summed E-state index contributed by atoms with van der Waals surface area (Å²) in [6.07, 6.45) is 4.59. The fourth-order valence-corrected chi connectivity index (χ4v) is 4.90. The number of hydrogen-bond donors (Lipinski definition) is 1. The molecule has 1 saturated heterocycles. The minimum Gasteiger partial charge on any atom is -0.489 e. The van der Waals surface area contributed by atoms with Gasteiger partial charge in [0.2, 0.25) is 0 Å². The SMILES string of the molecule is O=C(NCCOc1ccccc1F)N1C2C=C(c3ccc(-c4ccccc4)c(F)c3)CC1CC2. The lowest BCUT2D eigenvalue weighted by Crippen LogP contribution is -2.49. The number of para-hydroxylation sites is 1. The minimum absolute atomic E-state index is 0.0157. The molecule has 6 heteroatoms. The molecule has 2 aliphatic heterocycles. The second-order valence-corrected chi connectivity index (χ2v) is 8.67. The Bertz CT molecular complexity index is 1210. The van der Waals surface area contributed by atoms with Crippen molar-refractivity contribution in [2.24, 2.45) is 0 Å². The van der Waals surface area contributed by atoms with Gasteiger partial charge in [-0.2, -0.15) is 0 Å². The summed E-state index contributed by atoms with van der Waals surface area (Å²) >= 11 is 0. The largest absolute Gasteiger partial charge is 0.489 e. The molecule has 2 bridgehead atoms. The lowest BCUT2D eigenvalue weighted by atomic mass is 9.93. The molecule has 1 fully saturated rings. The van der Waals surface area contributed by atoms with Gasteiger partial charge in [0.05, 0.1) is 12.6 Å². The number of nitrogens with zero attached hydrogens (tertiary/aromatic N) is 1. The summed E-state index contributed by atoms with van der Waals surface area (Å²) in [7, 11) is 0. The molecule has 174 valence electrons. The van der Waals surface area contributed by atoms with Crippen LogP contribution in [0.5, 0.6) is 5.75 Å². The number of halogens is 2. The van der Waals surface area contributed by atoms with Gasteiger partial charge in [0, 0.05) is 11.6 Å². The van der Waals surface area contributed by atoms with Crippen molar-refractivity contribution in [3.05, 3.63) is 96.1 Å². The third kappa shape index (κ3) is 4.53. The van der Waals surface area contributed by atoms with Crippen molar-refractivity contribution in [2.45, 2.75) is 31.3 Å². The quantitative estimate of drug-likeness (QED) is 0.456. The Labute approximate surface area is 197 Å². The van der Waals surface area contributed by atoms with Crippen LogP contribution in [0.4, 0.5) is 13.6 Å². The Balaban J connectivity index is 1.22. The molecule has 2 unspecified atom stereocenters. The van der Waals surface area contributed by atoms with E-state index < -0.39 is 5.82 Å². The van der Waals surface area contributed by atoms with Crippen LogP contribution < -0.4 is 10.1 Å². The van der Waals surface area contributed by atoms with E-state index in [2.05, 4.69) is 11.4 Å². The predicted molar refractivity (Wildman–Crippen MR) is 128 cm³/mol. The number of urea groups is 1. The highest BCUT2D eigenvalue weighted by atomic mass is 19.1. The van der Waals surface area contributed by atoms with Crippen LogP contribution in [-0.2, 0) is 0 Å². The van der Waals surface area contributed by atoms with Crippen LogP contribution in [0.1, 0.15) is 24.8 Å². The highest BCUT2D eigenvalue weighted by Crippen LogP contribution is 2.39. The monoisotopic (exact) mass is 460 g/mol. The normalized spacial score (nSPS) is 19.0. The molecule has 2 heterocycles. The number of fused-ring (bicyclic) bond motifs is 2. The Morgan fingerprint density at radius 1 is 0.941 bits per heavy atom.